The van der Waals surface area contributed by atoms with Crippen molar-refractivity contribution in [3.63, 3.8) is 0 Å². The lowest BCUT2D eigenvalue weighted by molar-refractivity contribution is -0.113. The number of amides is 1. The Labute approximate surface area is 67.9 Å². The Morgan fingerprint density at radius 1 is 1.58 bits per heavy atom. The molecule has 5 nitrogen and oxygen atoms in total. The second-order valence-electron chi connectivity index (χ2n) is 2.08. The van der Waals surface area contributed by atoms with E-state index in [1.54, 1.807) is 0 Å². The minimum atomic E-state index is -0.553. The highest BCUT2D eigenvalue weighted by Crippen LogP contribution is 1.90. The van der Waals surface area contributed by atoms with Crippen molar-refractivity contribution in [1.29, 1.82) is 0 Å². The van der Waals surface area contributed by atoms with Crippen LogP contribution in [0, 0.1) is 0 Å². The molecule has 0 saturated heterocycles. The average molecular weight is 165 g/mol. The number of nitrogens with two attached hydrogens (primary N) is 1. The van der Waals surface area contributed by atoms with Gasteiger partial charge in [0.15, 0.2) is 0 Å². The molecule has 1 rings (SSSR count). The van der Waals surface area contributed by atoms with Gasteiger partial charge < -0.3 is 5.73 Å². The number of primary amides is 1. The third-order valence-electron chi connectivity index (χ3n) is 1.12. The van der Waals surface area contributed by atoms with Crippen molar-refractivity contribution >= 4 is 12.0 Å². The number of H-pyrrole nitrogens is 1. The Morgan fingerprint density at radius 2 is 2.33 bits per heavy atom. The van der Waals surface area contributed by atoms with Gasteiger partial charge in [0.1, 0.15) is 0 Å². The molecular formula is C7H7N3O2. The number of hydrogen-bond donors (Lipinski definition) is 2. The van der Waals surface area contributed by atoms with E-state index < -0.39 is 5.91 Å². The van der Waals surface area contributed by atoms with E-state index in [2.05, 4.69) is 10.2 Å². The molecule has 0 spiro atoms. The molecular weight excluding hydrogens is 158 g/mol. The maximum atomic E-state index is 10.5. The number of hydrogen-bond acceptors (Lipinski definition) is 3. The summed E-state index contributed by atoms with van der Waals surface area (Å²) in [5, 5.41) is 5.83. The van der Waals surface area contributed by atoms with Gasteiger partial charge in [0.25, 0.3) is 5.56 Å². The minimum absolute atomic E-state index is 0.286. The number of carbonyl (C=O) groups excluding carboxylic acids is 1. The Bertz CT molecular complexity index is 347. The quantitative estimate of drug-likeness (QED) is 0.566. The molecule has 0 aliphatic carbocycles. The molecule has 0 bridgehead atoms. The van der Waals surface area contributed by atoms with Gasteiger partial charge in [0.05, 0.1) is 5.69 Å². The lowest BCUT2D eigenvalue weighted by atomic mass is 10.3. The van der Waals surface area contributed by atoms with Gasteiger partial charge in [0, 0.05) is 12.1 Å². The Kier molecular flexibility index (Phi) is 2.37. The van der Waals surface area contributed by atoms with Crippen LogP contribution in [-0.4, -0.2) is 16.1 Å². The average Bonchev–Trinajstić information content (AvgIpc) is 2.03. The van der Waals surface area contributed by atoms with E-state index in [0.717, 1.165) is 0 Å². The van der Waals surface area contributed by atoms with Crippen LogP contribution < -0.4 is 11.3 Å². The van der Waals surface area contributed by atoms with Gasteiger partial charge in [-0.2, -0.15) is 5.10 Å². The first-order chi connectivity index (χ1) is 5.68. The monoisotopic (exact) mass is 165 g/mol. The fourth-order valence-electron chi connectivity index (χ4n) is 0.616. The summed E-state index contributed by atoms with van der Waals surface area (Å²) >= 11 is 0. The Morgan fingerprint density at radius 3 is 2.83 bits per heavy atom. The second-order valence-corrected chi connectivity index (χ2v) is 2.08. The number of aromatic nitrogens is 2. The van der Waals surface area contributed by atoms with Crippen LogP contribution in [0.2, 0.25) is 0 Å². The third kappa shape index (κ3) is 2.37. The molecule has 12 heavy (non-hydrogen) atoms. The van der Waals surface area contributed by atoms with Crippen LogP contribution in [0.3, 0.4) is 0 Å². The summed E-state index contributed by atoms with van der Waals surface area (Å²) in [6.45, 7) is 0. The summed E-state index contributed by atoms with van der Waals surface area (Å²) in [7, 11) is 0. The fraction of sp³-hybridized carbons (Fsp3) is 0. The molecule has 1 aromatic rings. The van der Waals surface area contributed by atoms with Gasteiger partial charge in [0.2, 0.25) is 5.91 Å². The molecule has 0 fully saturated rings. The van der Waals surface area contributed by atoms with E-state index >= 15 is 0 Å². The first-order valence-electron chi connectivity index (χ1n) is 3.22. The number of rotatable bonds is 2. The maximum Gasteiger partial charge on any atom is 0.264 e. The van der Waals surface area contributed by atoms with Gasteiger partial charge in [-0.15, -0.1) is 0 Å². The zero-order valence-corrected chi connectivity index (χ0v) is 6.15. The van der Waals surface area contributed by atoms with Gasteiger partial charge in [-0.25, -0.2) is 5.10 Å². The molecule has 0 aliphatic rings. The molecule has 1 aromatic heterocycles. The van der Waals surface area contributed by atoms with E-state index in [9.17, 15) is 9.59 Å². The van der Waals surface area contributed by atoms with Crippen LogP contribution >= 0.6 is 0 Å². The van der Waals surface area contributed by atoms with Crippen LogP contribution in [0.4, 0.5) is 0 Å². The van der Waals surface area contributed by atoms with E-state index in [-0.39, 0.29) is 5.56 Å². The predicted octanol–water partition coefficient (Wildman–Crippen LogP) is -0.732. The standard InChI is InChI=1S/C7H7N3O2/c8-6(11)3-1-5-2-4-7(12)10-9-5/h1-4H,(H2,8,11)(H,10,12). The van der Waals surface area contributed by atoms with Crippen molar-refractivity contribution in [2.24, 2.45) is 5.73 Å². The zero-order chi connectivity index (χ0) is 8.97. The molecule has 0 aliphatic heterocycles. The van der Waals surface area contributed by atoms with Crippen molar-refractivity contribution in [3.8, 4) is 0 Å². The topological polar surface area (TPSA) is 88.8 Å². The largest absolute Gasteiger partial charge is 0.366 e. The molecule has 62 valence electrons. The normalized spacial score (nSPS) is 10.3. The fourth-order valence-corrected chi connectivity index (χ4v) is 0.616. The van der Waals surface area contributed by atoms with Crippen molar-refractivity contribution in [3.05, 3.63) is 34.3 Å². The SMILES string of the molecule is NC(=O)C=Cc1ccc(=O)[nH]n1. The Hall–Kier alpha value is -1.91. The van der Waals surface area contributed by atoms with Gasteiger partial charge >= 0.3 is 0 Å². The highest BCUT2D eigenvalue weighted by atomic mass is 16.1. The molecule has 1 amide bonds. The number of aromatic amines is 1. The summed E-state index contributed by atoms with van der Waals surface area (Å²) in [4.78, 5) is 20.8. The first-order valence-corrected chi connectivity index (χ1v) is 3.22. The van der Waals surface area contributed by atoms with Crippen LogP contribution in [-0.2, 0) is 4.79 Å². The summed E-state index contributed by atoms with van der Waals surface area (Å²) in [5.74, 6) is -0.553. The number of nitrogens with one attached hydrogen (secondary N) is 1. The van der Waals surface area contributed by atoms with E-state index in [0.29, 0.717) is 5.69 Å². The minimum Gasteiger partial charge on any atom is -0.366 e. The first kappa shape index (κ1) is 8.19. The summed E-state index contributed by atoms with van der Waals surface area (Å²) in [6.07, 6.45) is 2.58. The van der Waals surface area contributed by atoms with E-state index in [1.165, 1.54) is 24.3 Å². The van der Waals surface area contributed by atoms with Crippen molar-refractivity contribution in [2.75, 3.05) is 0 Å². The number of nitrogens with zero attached hydrogens (tertiary/aromatic N) is 1. The lowest BCUT2D eigenvalue weighted by Gasteiger charge is -1.87. The predicted molar refractivity (Wildman–Crippen MR) is 43.1 cm³/mol. The van der Waals surface area contributed by atoms with Crippen LogP contribution in [0.5, 0.6) is 0 Å². The lowest BCUT2D eigenvalue weighted by Crippen LogP contribution is -2.07. The molecule has 0 atom stereocenters. The second kappa shape index (κ2) is 3.47. The molecule has 0 aromatic carbocycles. The van der Waals surface area contributed by atoms with E-state index in [1.807, 2.05) is 0 Å². The number of carbonyl (C=O) groups is 1. The van der Waals surface area contributed by atoms with Gasteiger partial charge in [-0.1, -0.05) is 0 Å². The van der Waals surface area contributed by atoms with Gasteiger partial charge in [-0.05, 0) is 12.1 Å². The van der Waals surface area contributed by atoms with Crippen LogP contribution in [0.25, 0.3) is 6.08 Å². The maximum absolute atomic E-state index is 10.5. The summed E-state index contributed by atoms with van der Waals surface area (Å²) < 4.78 is 0. The smallest absolute Gasteiger partial charge is 0.264 e. The zero-order valence-electron chi connectivity index (χ0n) is 6.15. The Balaban J connectivity index is 2.84. The summed E-state index contributed by atoms with van der Waals surface area (Å²) in [5.41, 5.74) is 5.04. The van der Waals surface area contributed by atoms with Crippen LogP contribution in [0.1, 0.15) is 5.69 Å². The van der Waals surface area contributed by atoms with Crippen molar-refractivity contribution in [2.45, 2.75) is 0 Å². The molecule has 0 radical (unpaired) electrons. The summed E-state index contributed by atoms with van der Waals surface area (Å²) in [6, 6.07) is 2.80. The third-order valence-corrected chi connectivity index (χ3v) is 1.12. The molecule has 3 N–H and O–H groups in total. The van der Waals surface area contributed by atoms with Crippen LogP contribution in [0.15, 0.2) is 23.0 Å². The van der Waals surface area contributed by atoms with Crippen molar-refractivity contribution in [1.82, 2.24) is 10.2 Å². The van der Waals surface area contributed by atoms with Gasteiger partial charge in [-0.3, -0.25) is 9.59 Å². The molecule has 0 saturated carbocycles. The van der Waals surface area contributed by atoms with Crippen molar-refractivity contribution < 1.29 is 4.79 Å². The highest BCUT2D eigenvalue weighted by molar-refractivity contribution is 5.89. The molecule has 0 unspecified atom stereocenters. The van der Waals surface area contributed by atoms with E-state index in [4.69, 9.17) is 5.73 Å². The molecule has 5 heteroatoms. The molecule has 1 heterocycles. The highest BCUT2D eigenvalue weighted by Gasteiger charge is 1.88.